The van der Waals surface area contributed by atoms with Crippen LogP contribution in [-0.4, -0.2) is 21.3 Å². The maximum absolute atomic E-state index is 12.8. The molecule has 0 aliphatic carbocycles. The quantitative estimate of drug-likeness (QED) is 0.918. The lowest BCUT2D eigenvalue weighted by molar-refractivity contribution is 0.199. The normalized spacial score (nSPS) is 18.3. The minimum absolute atomic E-state index is 0.210. The Balaban J connectivity index is 1.76. The molecule has 1 aromatic heterocycles. The van der Waals surface area contributed by atoms with E-state index < -0.39 is 0 Å². The Labute approximate surface area is 111 Å². The summed E-state index contributed by atoms with van der Waals surface area (Å²) in [6.07, 6.45) is 4.66. The van der Waals surface area contributed by atoms with E-state index in [0.29, 0.717) is 5.92 Å². The molecule has 2 heterocycles. The van der Waals surface area contributed by atoms with E-state index in [2.05, 4.69) is 15.7 Å². The summed E-state index contributed by atoms with van der Waals surface area (Å²) in [4.78, 5) is 4.62. The molecule has 1 unspecified atom stereocenters. The van der Waals surface area contributed by atoms with Gasteiger partial charge in [0.1, 0.15) is 11.6 Å². The number of fused-ring (bicyclic) bond motifs is 1. The number of aromatic nitrogens is 2. The summed E-state index contributed by atoms with van der Waals surface area (Å²) in [5, 5.41) is 9.21. The van der Waals surface area contributed by atoms with Crippen LogP contribution in [0.4, 0.5) is 4.39 Å². The molecule has 1 atom stereocenters. The van der Waals surface area contributed by atoms with Crippen molar-refractivity contribution in [2.24, 2.45) is 5.92 Å². The van der Waals surface area contributed by atoms with Crippen molar-refractivity contribution in [2.75, 3.05) is 6.61 Å². The van der Waals surface area contributed by atoms with Crippen LogP contribution in [0, 0.1) is 11.7 Å². The van der Waals surface area contributed by atoms with Crippen molar-refractivity contribution in [3.63, 3.8) is 0 Å². The Kier molecular flexibility index (Phi) is 3.34. The Morgan fingerprint density at radius 2 is 2.11 bits per heavy atom. The zero-order chi connectivity index (χ0) is 13.2. The summed E-state index contributed by atoms with van der Waals surface area (Å²) in [6, 6.07) is 6.55. The number of hydrogen-bond donors (Lipinski definition) is 1. The number of imidazole rings is 1. The molecule has 1 aliphatic rings. The van der Waals surface area contributed by atoms with Gasteiger partial charge in [-0.15, -0.1) is 0 Å². The van der Waals surface area contributed by atoms with Crippen molar-refractivity contribution in [3.8, 4) is 0 Å². The van der Waals surface area contributed by atoms with Crippen LogP contribution >= 0.6 is 0 Å². The lowest BCUT2D eigenvalue weighted by Gasteiger charge is -2.20. The van der Waals surface area contributed by atoms with Gasteiger partial charge in [0, 0.05) is 32.2 Å². The third-order valence-corrected chi connectivity index (χ3v) is 3.72. The second-order valence-corrected chi connectivity index (χ2v) is 5.19. The maximum atomic E-state index is 12.8. The minimum Gasteiger partial charge on any atom is -0.396 e. The van der Waals surface area contributed by atoms with Gasteiger partial charge in [-0.3, -0.25) is 0 Å². The largest absolute Gasteiger partial charge is 0.396 e. The monoisotopic (exact) mass is 260 g/mol. The predicted octanol–water partition coefficient (Wildman–Crippen LogP) is 2.17. The van der Waals surface area contributed by atoms with Crippen LogP contribution < -0.4 is 0 Å². The summed E-state index contributed by atoms with van der Waals surface area (Å²) in [5.74, 6) is 1.19. The molecule has 0 radical (unpaired) electrons. The highest BCUT2D eigenvalue weighted by atomic mass is 19.1. The zero-order valence-electron chi connectivity index (χ0n) is 10.7. The van der Waals surface area contributed by atoms with Gasteiger partial charge < -0.3 is 9.67 Å². The first-order valence-electron chi connectivity index (χ1n) is 6.65. The second-order valence-electron chi connectivity index (χ2n) is 5.19. The molecule has 4 heteroatoms. The molecule has 0 bridgehead atoms. The fourth-order valence-corrected chi connectivity index (χ4v) is 2.60. The standard InChI is InChI=1S/C15H17FN2O/c16-13-3-1-11(2-4-13)7-14-9-18-6-5-12(10-19)8-15(18)17-14/h1-4,9,12,19H,5-8,10H2. The topological polar surface area (TPSA) is 38.0 Å². The number of aliphatic hydroxyl groups excluding tert-OH is 1. The van der Waals surface area contributed by atoms with Crippen molar-refractivity contribution in [2.45, 2.75) is 25.8 Å². The first-order chi connectivity index (χ1) is 9.24. The molecule has 19 heavy (non-hydrogen) atoms. The van der Waals surface area contributed by atoms with E-state index in [1.807, 2.05) is 0 Å². The SMILES string of the molecule is OCC1CCn2cc(Cc3ccc(F)cc3)nc2C1. The van der Waals surface area contributed by atoms with E-state index in [1.54, 1.807) is 12.1 Å². The fourth-order valence-electron chi connectivity index (χ4n) is 2.60. The highest BCUT2D eigenvalue weighted by Gasteiger charge is 2.19. The number of rotatable bonds is 3. The summed E-state index contributed by atoms with van der Waals surface area (Å²) < 4.78 is 15.0. The summed E-state index contributed by atoms with van der Waals surface area (Å²) in [5.41, 5.74) is 2.08. The first kappa shape index (κ1) is 12.4. The molecule has 1 N–H and O–H groups in total. The summed E-state index contributed by atoms with van der Waals surface area (Å²) in [6.45, 7) is 1.16. The lowest BCUT2D eigenvalue weighted by atomic mass is 9.99. The van der Waals surface area contributed by atoms with E-state index in [0.717, 1.165) is 42.9 Å². The smallest absolute Gasteiger partial charge is 0.123 e. The van der Waals surface area contributed by atoms with Crippen LogP contribution in [0.25, 0.3) is 0 Å². The maximum Gasteiger partial charge on any atom is 0.123 e. The van der Waals surface area contributed by atoms with Crippen LogP contribution in [0.3, 0.4) is 0 Å². The van der Waals surface area contributed by atoms with Crippen molar-refractivity contribution in [3.05, 3.63) is 53.4 Å². The molecule has 0 saturated heterocycles. The van der Waals surface area contributed by atoms with E-state index in [1.165, 1.54) is 12.1 Å². The van der Waals surface area contributed by atoms with E-state index in [9.17, 15) is 9.50 Å². The van der Waals surface area contributed by atoms with E-state index in [4.69, 9.17) is 0 Å². The molecule has 0 fully saturated rings. The summed E-state index contributed by atoms with van der Waals surface area (Å²) in [7, 11) is 0. The lowest BCUT2D eigenvalue weighted by Crippen LogP contribution is -2.21. The highest BCUT2D eigenvalue weighted by Crippen LogP contribution is 2.21. The third kappa shape index (κ3) is 2.68. The van der Waals surface area contributed by atoms with Crippen LogP contribution in [0.1, 0.15) is 23.5 Å². The Morgan fingerprint density at radius 1 is 1.32 bits per heavy atom. The molecule has 1 aromatic carbocycles. The van der Waals surface area contributed by atoms with Crippen LogP contribution in [0.5, 0.6) is 0 Å². The van der Waals surface area contributed by atoms with Crippen molar-refractivity contribution in [1.82, 2.24) is 9.55 Å². The van der Waals surface area contributed by atoms with Gasteiger partial charge in [-0.05, 0) is 30.0 Å². The first-order valence-corrected chi connectivity index (χ1v) is 6.65. The van der Waals surface area contributed by atoms with Gasteiger partial charge in [0.05, 0.1) is 5.69 Å². The number of hydrogen-bond acceptors (Lipinski definition) is 2. The van der Waals surface area contributed by atoms with Crippen molar-refractivity contribution < 1.29 is 9.50 Å². The molecular formula is C15H17FN2O. The van der Waals surface area contributed by atoms with Crippen molar-refractivity contribution >= 4 is 0 Å². The molecule has 2 aromatic rings. The fraction of sp³-hybridized carbons (Fsp3) is 0.400. The molecule has 0 spiro atoms. The van der Waals surface area contributed by atoms with Gasteiger partial charge in [0.25, 0.3) is 0 Å². The number of nitrogens with zero attached hydrogens (tertiary/aromatic N) is 2. The molecule has 0 amide bonds. The molecular weight excluding hydrogens is 243 g/mol. The number of benzene rings is 1. The zero-order valence-corrected chi connectivity index (χ0v) is 10.7. The predicted molar refractivity (Wildman–Crippen MR) is 70.3 cm³/mol. The number of aliphatic hydroxyl groups is 1. The second kappa shape index (κ2) is 5.13. The van der Waals surface area contributed by atoms with Gasteiger partial charge in [-0.25, -0.2) is 9.37 Å². The number of halogens is 1. The Hall–Kier alpha value is -1.68. The van der Waals surface area contributed by atoms with Gasteiger partial charge in [0.15, 0.2) is 0 Å². The molecule has 0 saturated carbocycles. The van der Waals surface area contributed by atoms with E-state index in [-0.39, 0.29) is 12.4 Å². The minimum atomic E-state index is -0.210. The van der Waals surface area contributed by atoms with Crippen LogP contribution in [0.15, 0.2) is 30.5 Å². The average Bonchev–Trinajstić information content (AvgIpc) is 2.82. The highest BCUT2D eigenvalue weighted by molar-refractivity contribution is 5.22. The Morgan fingerprint density at radius 3 is 2.84 bits per heavy atom. The Bertz CT molecular complexity index is 562. The molecule has 3 rings (SSSR count). The van der Waals surface area contributed by atoms with Crippen LogP contribution in [-0.2, 0) is 19.4 Å². The molecule has 3 nitrogen and oxygen atoms in total. The summed E-state index contributed by atoms with van der Waals surface area (Å²) >= 11 is 0. The van der Waals surface area contributed by atoms with Gasteiger partial charge in [-0.2, -0.15) is 0 Å². The molecule has 1 aliphatic heterocycles. The van der Waals surface area contributed by atoms with Crippen molar-refractivity contribution in [1.29, 1.82) is 0 Å². The van der Waals surface area contributed by atoms with Gasteiger partial charge >= 0.3 is 0 Å². The van der Waals surface area contributed by atoms with Gasteiger partial charge in [0.2, 0.25) is 0 Å². The average molecular weight is 260 g/mol. The van der Waals surface area contributed by atoms with E-state index >= 15 is 0 Å². The van der Waals surface area contributed by atoms with Gasteiger partial charge in [-0.1, -0.05) is 12.1 Å². The number of aryl methyl sites for hydroxylation is 1. The van der Waals surface area contributed by atoms with Crippen LogP contribution in [0.2, 0.25) is 0 Å². The third-order valence-electron chi connectivity index (χ3n) is 3.72. The molecule has 100 valence electrons.